The van der Waals surface area contributed by atoms with Gasteiger partial charge in [0.2, 0.25) is 5.91 Å². The number of carbonyl (C=O) groups excluding carboxylic acids is 1. The average molecular weight is 223 g/mol. The number of ether oxygens (including phenoxy) is 2. The number of amides is 1. The standard InChI is InChI=1S/C12H17NO3/c1-9(13-12(14)8-15-2)10-4-6-11(16-3)7-5-10/h4-7,9H,8H2,1-3H3,(H,13,14)/t9-/m0/s1. The minimum absolute atomic E-state index is 0.0337. The van der Waals surface area contributed by atoms with Crippen LogP contribution in [0.5, 0.6) is 5.75 Å². The Bertz CT molecular complexity index is 335. The summed E-state index contributed by atoms with van der Waals surface area (Å²) in [7, 11) is 3.12. The Morgan fingerprint density at radius 3 is 2.44 bits per heavy atom. The predicted octanol–water partition coefficient (Wildman–Crippen LogP) is 1.52. The number of benzene rings is 1. The summed E-state index contributed by atoms with van der Waals surface area (Å²) in [5.74, 6) is 0.685. The summed E-state index contributed by atoms with van der Waals surface area (Å²) in [4.78, 5) is 11.3. The van der Waals surface area contributed by atoms with Crippen molar-refractivity contribution >= 4 is 5.91 Å². The molecule has 1 amide bonds. The number of hydrogen-bond acceptors (Lipinski definition) is 3. The van der Waals surface area contributed by atoms with E-state index in [0.717, 1.165) is 11.3 Å². The fraction of sp³-hybridized carbons (Fsp3) is 0.417. The molecule has 88 valence electrons. The molecule has 4 heteroatoms. The Hall–Kier alpha value is -1.55. The molecule has 0 aliphatic carbocycles. The van der Waals surface area contributed by atoms with Gasteiger partial charge >= 0.3 is 0 Å². The number of rotatable bonds is 5. The largest absolute Gasteiger partial charge is 0.497 e. The van der Waals surface area contributed by atoms with Crippen molar-refractivity contribution in [3.63, 3.8) is 0 Å². The van der Waals surface area contributed by atoms with E-state index in [1.165, 1.54) is 7.11 Å². The van der Waals surface area contributed by atoms with Gasteiger partial charge < -0.3 is 14.8 Å². The number of carbonyl (C=O) groups is 1. The molecule has 0 bridgehead atoms. The molecule has 1 rings (SSSR count). The SMILES string of the molecule is COCC(=O)N[C@@H](C)c1ccc(OC)cc1. The topological polar surface area (TPSA) is 47.6 Å². The van der Waals surface area contributed by atoms with Crippen LogP contribution in [0.25, 0.3) is 0 Å². The molecule has 0 saturated heterocycles. The molecular formula is C12H17NO3. The fourth-order valence-electron chi connectivity index (χ4n) is 1.39. The van der Waals surface area contributed by atoms with E-state index in [1.807, 2.05) is 31.2 Å². The highest BCUT2D eigenvalue weighted by Gasteiger charge is 2.08. The molecule has 0 aromatic heterocycles. The molecule has 0 radical (unpaired) electrons. The lowest BCUT2D eigenvalue weighted by atomic mass is 10.1. The van der Waals surface area contributed by atoms with Crippen LogP contribution >= 0.6 is 0 Å². The number of methoxy groups -OCH3 is 2. The zero-order valence-corrected chi connectivity index (χ0v) is 9.82. The minimum Gasteiger partial charge on any atom is -0.497 e. The molecule has 4 nitrogen and oxygen atoms in total. The van der Waals surface area contributed by atoms with Crippen LogP contribution in [0.3, 0.4) is 0 Å². The van der Waals surface area contributed by atoms with E-state index in [1.54, 1.807) is 7.11 Å². The molecule has 16 heavy (non-hydrogen) atoms. The maximum absolute atomic E-state index is 11.3. The summed E-state index contributed by atoms with van der Waals surface area (Å²) in [6.07, 6.45) is 0. The van der Waals surface area contributed by atoms with E-state index in [2.05, 4.69) is 5.32 Å². The Balaban J connectivity index is 2.58. The smallest absolute Gasteiger partial charge is 0.246 e. The monoisotopic (exact) mass is 223 g/mol. The van der Waals surface area contributed by atoms with Crippen LogP contribution in [0.1, 0.15) is 18.5 Å². The third kappa shape index (κ3) is 3.55. The Morgan fingerprint density at radius 1 is 1.31 bits per heavy atom. The first-order valence-corrected chi connectivity index (χ1v) is 5.09. The zero-order valence-electron chi connectivity index (χ0n) is 9.82. The Morgan fingerprint density at radius 2 is 1.94 bits per heavy atom. The summed E-state index contributed by atoms with van der Waals surface area (Å²) in [5, 5.41) is 2.83. The van der Waals surface area contributed by atoms with Crippen molar-refractivity contribution in [1.82, 2.24) is 5.32 Å². The van der Waals surface area contributed by atoms with Gasteiger partial charge in [0.05, 0.1) is 13.2 Å². The highest BCUT2D eigenvalue weighted by Crippen LogP contribution is 2.16. The van der Waals surface area contributed by atoms with Gasteiger partial charge in [0.15, 0.2) is 0 Å². The van der Waals surface area contributed by atoms with Gasteiger partial charge in [-0.05, 0) is 24.6 Å². The molecule has 1 N–H and O–H groups in total. The normalized spacial score (nSPS) is 11.9. The van der Waals surface area contributed by atoms with Crippen LogP contribution in [-0.4, -0.2) is 26.7 Å². The van der Waals surface area contributed by atoms with Crippen LogP contribution in [0.4, 0.5) is 0 Å². The van der Waals surface area contributed by atoms with Crippen LogP contribution in [0.15, 0.2) is 24.3 Å². The summed E-state index contributed by atoms with van der Waals surface area (Å²) in [6, 6.07) is 7.56. The Kier molecular flexibility index (Phi) is 4.79. The summed E-state index contributed by atoms with van der Waals surface area (Å²) in [5.41, 5.74) is 1.03. The van der Waals surface area contributed by atoms with E-state index in [-0.39, 0.29) is 18.6 Å². The molecule has 0 aliphatic rings. The van der Waals surface area contributed by atoms with Crippen molar-refractivity contribution < 1.29 is 14.3 Å². The minimum atomic E-state index is -0.120. The van der Waals surface area contributed by atoms with Gasteiger partial charge in [-0.1, -0.05) is 12.1 Å². The highest BCUT2D eigenvalue weighted by atomic mass is 16.5. The molecule has 0 heterocycles. The molecule has 0 aliphatic heterocycles. The molecule has 0 unspecified atom stereocenters. The van der Waals surface area contributed by atoms with E-state index >= 15 is 0 Å². The van der Waals surface area contributed by atoms with E-state index in [4.69, 9.17) is 9.47 Å². The van der Waals surface area contributed by atoms with Gasteiger partial charge in [-0.25, -0.2) is 0 Å². The quantitative estimate of drug-likeness (QED) is 0.823. The molecule has 1 aromatic rings. The first-order chi connectivity index (χ1) is 7.67. The van der Waals surface area contributed by atoms with Crippen LogP contribution in [-0.2, 0) is 9.53 Å². The molecular weight excluding hydrogens is 206 g/mol. The molecule has 0 fully saturated rings. The first kappa shape index (κ1) is 12.5. The van der Waals surface area contributed by atoms with Crippen molar-refractivity contribution in [2.24, 2.45) is 0 Å². The van der Waals surface area contributed by atoms with Crippen molar-refractivity contribution in [3.8, 4) is 5.75 Å². The van der Waals surface area contributed by atoms with Crippen LogP contribution in [0, 0.1) is 0 Å². The second kappa shape index (κ2) is 6.12. The van der Waals surface area contributed by atoms with E-state index in [9.17, 15) is 4.79 Å². The lowest BCUT2D eigenvalue weighted by Gasteiger charge is -2.14. The summed E-state index contributed by atoms with van der Waals surface area (Å²) >= 11 is 0. The summed E-state index contributed by atoms with van der Waals surface area (Å²) < 4.78 is 9.81. The van der Waals surface area contributed by atoms with Gasteiger partial charge in [0.1, 0.15) is 12.4 Å². The maximum atomic E-state index is 11.3. The lowest BCUT2D eigenvalue weighted by Crippen LogP contribution is -2.29. The van der Waals surface area contributed by atoms with Gasteiger partial charge in [0, 0.05) is 7.11 Å². The van der Waals surface area contributed by atoms with Crippen LogP contribution < -0.4 is 10.1 Å². The van der Waals surface area contributed by atoms with Gasteiger partial charge in [-0.15, -0.1) is 0 Å². The third-order valence-corrected chi connectivity index (χ3v) is 2.27. The van der Waals surface area contributed by atoms with Crippen molar-refractivity contribution in [2.45, 2.75) is 13.0 Å². The fourth-order valence-corrected chi connectivity index (χ4v) is 1.39. The van der Waals surface area contributed by atoms with Crippen molar-refractivity contribution in [3.05, 3.63) is 29.8 Å². The van der Waals surface area contributed by atoms with E-state index < -0.39 is 0 Å². The highest BCUT2D eigenvalue weighted by molar-refractivity contribution is 5.77. The molecule has 0 saturated carbocycles. The second-order valence-corrected chi connectivity index (χ2v) is 3.50. The number of hydrogen-bond donors (Lipinski definition) is 1. The van der Waals surface area contributed by atoms with Crippen LogP contribution in [0.2, 0.25) is 0 Å². The van der Waals surface area contributed by atoms with Gasteiger partial charge in [-0.2, -0.15) is 0 Å². The van der Waals surface area contributed by atoms with Crippen molar-refractivity contribution in [1.29, 1.82) is 0 Å². The van der Waals surface area contributed by atoms with Crippen molar-refractivity contribution in [2.75, 3.05) is 20.8 Å². The predicted molar refractivity (Wildman–Crippen MR) is 61.4 cm³/mol. The Labute approximate surface area is 95.6 Å². The molecule has 1 aromatic carbocycles. The van der Waals surface area contributed by atoms with E-state index in [0.29, 0.717) is 0 Å². The molecule has 1 atom stereocenters. The zero-order chi connectivity index (χ0) is 12.0. The maximum Gasteiger partial charge on any atom is 0.246 e. The average Bonchev–Trinajstić information content (AvgIpc) is 2.29. The first-order valence-electron chi connectivity index (χ1n) is 5.09. The summed E-state index contributed by atoms with van der Waals surface area (Å²) in [6.45, 7) is 2.01. The number of nitrogens with one attached hydrogen (secondary N) is 1. The molecule has 0 spiro atoms. The lowest BCUT2D eigenvalue weighted by molar-refractivity contribution is -0.125. The van der Waals surface area contributed by atoms with Gasteiger partial charge in [-0.3, -0.25) is 4.79 Å². The third-order valence-electron chi connectivity index (χ3n) is 2.27. The van der Waals surface area contributed by atoms with Gasteiger partial charge in [0.25, 0.3) is 0 Å². The second-order valence-electron chi connectivity index (χ2n) is 3.50.